The molecule has 0 atom stereocenters. The van der Waals surface area contributed by atoms with E-state index in [1.807, 2.05) is 38.2 Å². The second-order valence-corrected chi connectivity index (χ2v) is 1.05. The van der Waals surface area contributed by atoms with Crippen molar-refractivity contribution < 1.29 is 0 Å². The maximum atomic E-state index is 2.00. The summed E-state index contributed by atoms with van der Waals surface area (Å²) in [6.07, 6.45) is 8.00. The summed E-state index contributed by atoms with van der Waals surface area (Å²) in [6.45, 7) is 4.00. The third-order valence-electron chi connectivity index (χ3n) is 0.496. The highest BCUT2D eigenvalue weighted by Gasteiger charge is 1.48. The first-order valence-electron chi connectivity index (χ1n) is 2.15. The van der Waals surface area contributed by atoms with Crippen LogP contribution < -0.4 is 6.15 Å². The number of allylic oxidation sites excluding steroid dienone is 4. The Balaban J connectivity index is 0. The molecule has 42 valence electrons. The highest BCUT2D eigenvalue weighted by atomic mass is 14.0. The van der Waals surface area contributed by atoms with E-state index in [-0.39, 0.29) is 6.15 Å². The average Bonchev–Trinajstić information content (AvgIpc) is 1.61. The zero-order valence-corrected chi connectivity index (χ0v) is 5.02. The van der Waals surface area contributed by atoms with Gasteiger partial charge in [0.15, 0.2) is 0 Å². The first-order chi connectivity index (χ1) is 2.91. The molecule has 1 heteroatoms. The molecule has 1 nitrogen and oxygen atoms in total. The maximum Gasteiger partial charge on any atom is -0.0467 e. The molecule has 0 spiro atoms. The quantitative estimate of drug-likeness (QED) is 0.503. The SMILES string of the molecule is C/C=C\C=C\C.N. The minimum Gasteiger partial charge on any atom is -0.344 e. The van der Waals surface area contributed by atoms with Crippen molar-refractivity contribution in [2.75, 3.05) is 0 Å². The van der Waals surface area contributed by atoms with Crippen molar-refractivity contribution in [3.63, 3.8) is 0 Å². The van der Waals surface area contributed by atoms with E-state index in [9.17, 15) is 0 Å². The predicted octanol–water partition coefficient (Wildman–Crippen LogP) is 2.30. The van der Waals surface area contributed by atoms with Crippen LogP contribution in [0.3, 0.4) is 0 Å². The van der Waals surface area contributed by atoms with Crippen molar-refractivity contribution in [2.45, 2.75) is 13.8 Å². The van der Waals surface area contributed by atoms with Crippen LogP contribution in [0.25, 0.3) is 0 Å². The van der Waals surface area contributed by atoms with E-state index in [1.165, 1.54) is 0 Å². The summed E-state index contributed by atoms with van der Waals surface area (Å²) in [5.74, 6) is 0. The Labute approximate surface area is 45.3 Å². The zero-order valence-electron chi connectivity index (χ0n) is 5.02. The number of hydrogen-bond acceptors (Lipinski definition) is 1. The highest BCUT2D eigenvalue weighted by molar-refractivity contribution is 4.98. The molecule has 0 aliphatic heterocycles. The summed E-state index contributed by atoms with van der Waals surface area (Å²) in [4.78, 5) is 0. The Kier molecular flexibility index (Phi) is 12.5. The fraction of sp³-hybridized carbons (Fsp3) is 0.333. The Hall–Kier alpha value is -0.560. The van der Waals surface area contributed by atoms with Crippen LogP contribution in [0.5, 0.6) is 0 Å². The van der Waals surface area contributed by atoms with Crippen LogP contribution in [0.15, 0.2) is 24.3 Å². The molecule has 0 radical (unpaired) electrons. The standard InChI is InChI=1S/C6H10.H3N/c1-3-5-6-4-2;/h3-6H,1-2H3;1H3/b5-3-,6-4+;. The van der Waals surface area contributed by atoms with Crippen LogP contribution in [0.2, 0.25) is 0 Å². The average molecular weight is 99.2 g/mol. The van der Waals surface area contributed by atoms with Gasteiger partial charge in [0.1, 0.15) is 0 Å². The fourth-order valence-corrected chi connectivity index (χ4v) is 0.222. The second kappa shape index (κ2) is 9.06. The van der Waals surface area contributed by atoms with Crippen molar-refractivity contribution in [3.8, 4) is 0 Å². The first kappa shape index (κ1) is 9.67. The molecule has 0 aromatic heterocycles. The minimum atomic E-state index is 0. The first-order valence-corrected chi connectivity index (χ1v) is 2.15. The van der Waals surface area contributed by atoms with Gasteiger partial charge in [-0.3, -0.25) is 0 Å². The fourth-order valence-electron chi connectivity index (χ4n) is 0.222. The Morgan fingerprint density at radius 1 is 0.857 bits per heavy atom. The van der Waals surface area contributed by atoms with Crippen LogP contribution in [-0.2, 0) is 0 Å². The topological polar surface area (TPSA) is 35.0 Å². The van der Waals surface area contributed by atoms with E-state index in [4.69, 9.17) is 0 Å². The lowest BCUT2D eigenvalue weighted by molar-refractivity contribution is 1.69. The molecule has 0 aliphatic rings. The molecule has 0 amide bonds. The summed E-state index contributed by atoms with van der Waals surface area (Å²) in [7, 11) is 0. The van der Waals surface area contributed by atoms with Crippen LogP contribution in [-0.4, -0.2) is 0 Å². The molecule has 7 heavy (non-hydrogen) atoms. The zero-order chi connectivity index (χ0) is 4.83. The number of rotatable bonds is 1. The highest BCUT2D eigenvalue weighted by Crippen LogP contribution is 1.71. The van der Waals surface area contributed by atoms with Gasteiger partial charge in [0.05, 0.1) is 0 Å². The molecule has 0 saturated carbocycles. The van der Waals surface area contributed by atoms with Crippen molar-refractivity contribution in [1.29, 1.82) is 0 Å². The lowest BCUT2D eigenvalue weighted by Gasteiger charge is -1.62. The van der Waals surface area contributed by atoms with E-state index >= 15 is 0 Å². The Morgan fingerprint density at radius 3 is 1.29 bits per heavy atom. The molecule has 0 saturated heterocycles. The van der Waals surface area contributed by atoms with Gasteiger partial charge in [-0.15, -0.1) is 0 Å². The molecule has 0 bridgehead atoms. The van der Waals surface area contributed by atoms with E-state index in [0.29, 0.717) is 0 Å². The van der Waals surface area contributed by atoms with Gasteiger partial charge < -0.3 is 6.15 Å². The van der Waals surface area contributed by atoms with Crippen LogP contribution in [0, 0.1) is 0 Å². The summed E-state index contributed by atoms with van der Waals surface area (Å²) in [6, 6.07) is 0. The van der Waals surface area contributed by atoms with Gasteiger partial charge in [0, 0.05) is 0 Å². The second-order valence-electron chi connectivity index (χ2n) is 1.05. The van der Waals surface area contributed by atoms with Gasteiger partial charge in [-0.05, 0) is 13.8 Å². The molecular formula is C6H13N. The van der Waals surface area contributed by atoms with Gasteiger partial charge in [0.2, 0.25) is 0 Å². The molecule has 0 aromatic carbocycles. The lowest BCUT2D eigenvalue weighted by atomic mass is 10.5. The van der Waals surface area contributed by atoms with Gasteiger partial charge in [-0.2, -0.15) is 0 Å². The summed E-state index contributed by atoms with van der Waals surface area (Å²) >= 11 is 0. The Bertz CT molecular complexity index is 52.6. The largest absolute Gasteiger partial charge is 0.344 e. The van der Waals surface area contributed by atoms with Crippen LogP contribution >= 0.6 is 0 Å². The minimum absolute atomic E-state index is 0. The van der Waals surface area contributed by atoms with E-state index in [1.54, 1.807) is 0 Å². The van der Waals surface area contributed by atoms with Gasteiger partial charge in [-0.1, -0.05) is 24.3 Å². The van der Waals surface area contributed by atoms with Crippen LogP contribution in [0.4, 0.5) is 0 Å². The lowest BCUT2D eigenvalue weighted by Crippen LogP contribution is -1.40. The van der Waals surface area contributed by atoms with E-state index < -0.39 is 0 Å². The monoisotopic (exact) mass is 99.1 g/mol. The smallest absolute Gasteiger partial charge is 0.0467 e. The van der Waals surface area contributed by atoms with Crippen molar-refractivity contribution in [3.05, 3.63) is 24.3 Å². The molecule has 0 rings (SSSR count). The molecular weight excluding hydrogens is 86.1 g/mol. The van der Waals surface area contributed by atoms with Crippen molar-refractivity contribution in [2.24, 2.45) is 0 Å². The molecule has 3 N–H and O–H groups in total. The van der Waals surface area contributed by atoms with Gasteiger partial charge >= 0.3 is 0 Å². The summed E-state index contributed by atoms with van der Waals surface area (Å²) in [5.41, 5.74) is 0. The van der Waals surface area contributed by atoms with Crippen molar-refractivity contribution in [1.82, 2.24) is 6.15 Å². The molecule has 0 fully saturated rings. The predicted molar refractivity (Wildman–Crippen MR) is 34.7 cm³/mol. The summed E-state index contributed by atoms with van der Waals surface area (Å²) < 4.78 is 0. The normalized spacial score (nSPS) is 10.0. The van der Waals surface area contributed by atoms with Gasteiger partial charge in [-0.25, -0.2) is 0 Å². The summed E-state index contributed by atoms with van der Waals surface area (Å²) in [5, 5.41) is 0. The third kappa shape index (κ3) is 10.8. The van der Waals surface area contributed by atoms with Crippen molar-refractivity contribution >= 4 is 0 Å². The maximum absolute atomic E-state index is 2.00. The molecule has 0 unspecified atom stereocenters. The third-order valence-corrected chi connectivity index (χ3v) is 0.496. The molecule has 0 heterocycles. The van der Waals surface area contributed by atoms with E-state index in [0.717, 1.165) is 0 Å². The van der Waals surface area contributed by atoms with Crippen LogP contribution in [0.1, 0.15) is 13.8 Å². The molecule has 0 aliphatic carbocycles. The number of hydrogen-bond donors (Lipinski definition) is 1. The van der Waals surface area contributed by atoms with Gasteiger partial charge in [0.25, 0.3) is 0 Å². The molecule has 0 aromatic rings. The van der Waals surface area contributed by atoms with E-state index in [2.05, 4.69) is 0 Å². The Morgan fingerprint density at radius 2 is 1.14 bits per heavy atom.